The normalized spacial score (nSPS) is 37.7. The fourth-order valence-corrected chi connectivity index (χ4v) is 5.21. The van der Waals surface area contributed by atoms with E-state index in [4.69, 9.17) is 28.4 Å². The lowest BCUT2D eigenvalue weighted by molar-refractivity contribution is -0.323. The number of hydrogen-bond donors (Lipinski definition) is 7. The van der Waals surface area contributed by atoms with E-state index in [-0.39, 0.29) is 11.3 Å². The highest BCUT2D eigenvalue weighted by molar-refractivity contribution is 6.04. The van der Waals surface area contributed by atoms with Gasteiger partial charge in [-0.3, -0.25) is 0 Å². The number of ether oxygens (including phenoxy) is 6. The molecule has 2 aromatic carbocycles. The van der Waals surface area contributed by atoms with Crippen molar-refractivity contribution < 1.29 is 69.0 Å². The fourth-order valence-electron chi connectivity index (χ4n) is 5.21. The van der Waals surface area contributed by atoms with E-state index in [0.717, 1.165) is 0 Å². The summed E-state index contributed by atoms with van der Waals surface area (Å²) in [6, 6.07) is 6.77. The summed E-state index contributed by atoms with van der Waals surface area (Å²) in [5.41, 5.74) is 0.629. The van der Waals surface area contributed by atoms with E-state index in [0.29, 0.717) is 22.1 Å². The molecule has 40 heavy (non-hydrogen) atoms. The molecular formula is C26H32O14. The van der Waals surface area contributed by atoms with Crippen LogP contribution in [0.4, 0.5) is 0 Å². The summed E-state index contributed by atoms with van der Waals surface area (Å²) in [5.74, 6) is -0.0526. The highest BCUT2D eigenvalue weighted by atomic mass is 16.7. The maximum atomic E-state index is 12.5. The van der Waals surface area contributed by atoms with Crippen molar-refractivity contribution in [1.29, 1.82) is 0 Å². The largest absolute Gasteiger partial charge is 0.496 e. The molecule has 0 spiro atoms. The molecule has 0 unspecified atom stereocenters. The van der Waals surface area contributed by atoms with Gasteiger partial charge in [0, 0.05) is 5.56 Å². The molecular weight excluding hydrogens is 536 g/mol. The van der Waals surface area contributed by atoms with Crippen LogP contribution < -0.4 is 9.47 Å². The summed E-state index contributed by atoms with van der Waals surface area (Å²) in [7, 11) is 1.45. The summed E-state index contributed by atoms with van der Waals surface area (Å²) in [6.45, 7) is 0.450. The van der Waals surface area contributed by atoms with Crippen molar-refractivity contribution in [2.45, 2.75) is 74.4 Å². The van der Waals surface area contributed by atoms with Crippen LogP contribution in [-0.4, -0.2) is 123 Å². The number of rotatable bonds is 7. The third-order valence-electron chi connectivity index (χ3n) is 7.43. The topological polar surface area (TPSA) is 214 Å². The van der Waals surface area contributed by atoms with Gasteiger partial charge in [0.2, 0.25) is 6.29 Å². The molecule has 0 radical (unpaired) electrons. The molecule has 0 aromatic heterocycles. The van der Waals surface area contributed by atoms with Gasteiger partial charge in [-0.15, -0.1) is 0 Å². The summed E-state index contributed by atoms with van der Waals surface area (Å²) in [6.07, 6.45) is -16.5. The van der Waals surface area contributed by atoms with Crippen LogP contribution in [0.5, 0.6) is 11.5 Å². The Balaban J connectivity index is 1.42. The molecule has 0 saturated carbocycles. The van der Waals surface area contributed by atoms with Gasteiger partial charge in [0.05, 0.1) is 31.3 Å². The van der Waals surface area contributed by atoms with Crippen LogP contribution in [0.2, 0.25) is 0 Å². The number of cyclic esters (lactones) is 1. The molecule has 2 fully saturated rings. The van der Waals surface area contributed by atoms with Crippen molar-refractivity contribution in [3.63, 3.8) is 0 Å². The SMILES string of the molecule is COc1cccc2cc3c(c(O[C@@H]4O[C@H](CO[C@@H]5O[C@H](CO)[C@@H](O)[C@H](O)[C@H]5O)[C@@H](O)[C@H](O)[C@H]4O)c12)[C@@H](C)OC3=O. The molecule has 2 saturated heterocycles. The zero-order valence-electron chi connectivity index (χ0n) is 21.6. The molecule has 3 heterocycles. The van der Waals surface area contributed by atoms with E-state index in [1.165, 1.54) is 7.11 Å². The first kappa shape index (κ1) is 28.9. The van der Waals surface area contributed by atoms with E-state index in [1.807, 2.05) is 0 Å². The first-order valence-corrected chi connectivity index (χ1v) is 12.7. The van der Waals surface area contributed by atoms with Gasteiger partial charge >= 0.3 is 5.97 Å². The standard InChI is InChI=1S/C26H32O14/c1-9-15-11(24(34)37-9)6-10-4-3-5-12(35-2)16(10)23(15)40-26-22(33)20(31)18(29)14(39-26)8-36-25-21(32)19(30)17(28)13(7-27)38-25/h3-6,9,13-14,17-22,25-33H,7-8H2,1-2H3/t9-,13-,14-,17-,18-,19+,20+,21-,22-,25-,26+/m1/s1. The van der Waals surface area contributed by atoms with Crippen LogP contribution in [0.15, 0.2) is 24.3 Å². The predicted molar refractivity (Wildman–Crippen MR) is 131 cm³/mol. The molecule has 0 bridgehead atoms. The van der Waals surface area contributed by atoms with Crippen LogP contribution in [0.25, 0.3) is 10.8 Å². The zero-order valence-corrected chi connectivity index (χ0v) is 21.6. The van der Waals surface area contributed by atoms with E-state index < -0.39 is 86.7 Å². The molecule has 3 aliphatic heterocycles. The number of methoxy groups -OCH3 is 1. The molecule has 14 nitrogen and oxygen atoms in total. The van der Waals surface area contributed by atoms with Gasteiger partial charge in [-0.25, -0.2) is 4.79 Å². The molecule has 7 N–H and O–H groups in total. The van der Waals surface area contributed by atoms with E-state index in [1.54, 1.807) is 31.2 Å². The lowest BCUT2D eigenvalue weighted by Gasteiger charge is -2.42. The highest BCUT2D eigenvalue weighted by Gasteiger charge is 2.48. The Morgan fingerprint density at radius 2 is 1.52 bits per heavy atom. The average Bonchev–Trinajstić information content (AvgIpc) is 3.23. The maximum Gasteiger partial charge on any atom is 0.339 e. The van der Waals surface area contributed by atoms with Crippen molar-refractivity contribution in [2.24, 2.45) is 0 Å². The van der Waals surface area contributed by atoms with Gasteiger partial charge in [-0.05, 0) is 24.4 Å². The van der Waals surface area contributed by atoms with Crippen molar-refractivity contribution in [3.05, 3.63) is 35.4 Å². The molecule has 11 atom stereocenters. The number of fused-ring (bicyclic) bond motifs is 2. The second kappa shape index (κ2) is 11.3. The van der Waals surface area contributed by atoms with E-state index in [9.17, 15) is 40.5 Å². The Labute approximate surface area is 227 Å². The number of carbonyl (C=O) groups excluding carboxylic acids is 1. The Morgan fingerprint density at radius 1 is 0.875 bits per heavy atom. The lowest BCUT2D eigenvalue weighted by atomic mass is 9.96. The first-order chi connectivity index (χ1) is 19.1. The molecule has 0 amide bonds. The minimum atomic E-state index is -1.76. The van der Waals surface area contributed by atoms with Crippen LogP contribution in [0.1, 0.15) is 28.9 Å². The van der Waals surface area contributed by atoms with Crippen molar-refractivity contribution in [1.82, 2.24) is 0 Å². The van der Waals surface area contributed by atoms with Crippen molar-refractivity contribution in [3.8, 4) is 11.5 Å². The van der Waals surface area contributed by atoms with Gasteiger partial charge < -0.3 is 64.2 Å². The van der Waals surface area contributed by atoms with E-state index >= 15 is 0 Å². The smallest absolute Gasteiger partial charge is 0.339 e. The molecule has 2 aromatic rings. The number of aliphatic hydroxyl groups excluding tert-OH is 7. The number of esters is 1. The Kier molecular flexibility index (Phi) is 8.18. The first-order valence-electron chi connectivity index (χ1n) is 12.7. The summed E-state index contributed by atoms with van der Waals surface area (Å²) < 4.78 is 33.6. The third-order valence-corrected chi connectivity index (χ3v) is 7.43. The summed E-state index contributed by atoms with van der Waals surface area (Å²) >= 11 is 0. The highest BCUT2D eigenvalue weighted by Crippen LogP contribution is 2.46. The van der Waals surface area contributed by atoms with Crippen molar-refractivity contribution >= 4 is 16.7 Å². The van der Waals surface area contributed by atoms with Crippen LogP contribution in [0, 0.1) is 0 Å². The number of benzene rings is 2. The van der Waals surface area contributed by atoms with Gasteiger partial charge in [0.1, 0.15) is 66.4 Å². The third kappa shape index (κ3) is 4.90. The van der Waals surface area contributed by atoms with Gasteiger partial charge in [0.15, 0.2) is 6.29 Å². The number of aliphatic hydroxyl groups is 7. The second-order valence-corrected chi connectivity index (χ2v) is 9.94. The van der Waals surface area contributed by atoms with Gasteiger partial charge in [0.25, 0.3) is 0 Å². The molecule has 220 valence electrons. The minimum Gasteiger partial charge on any atom is -0.496 e. The predicted octanol–water partition coefficient (Wildman–Crippen LogP) is -1.92. The Hall–Kier alpha value is -2.63. The zero-order chi connectivity index (χ0) is 28.9. The molecule has 5 rings (SSSR count). The number of hydrogen-bond acceptors (Lipinski definition) is 14. The van der Waals surface area contributed by atoms with Crippen LogP contribution >= 0.6 is 0 Å². The maximum absolute atomic E-state index is 12.5. The summed E-state index contributed by atoms with van der Waals surface area (Å²) in [4.78, 5) is 12.5. The molecule has 3 aliphatic rings. The average molecular weight is 569 g/mol. The van der Waals surface area contributed by atoms with E-state index in [2.05, 4.69) is 0 Å². The molecule has 14 heteroatoms. The minimum absolute atomic E-state index is 0.115. The molecule has 0 aliphatic carbocycles. The van der Waals surface area contributed by atoms with Crippen molar-refractivity contribution in [2.75, 3.05) is 20.3 Å². The van der Waals surface area contributed by atoms with Gasteiger partial charge in [-0.2, -0.15) is 0 Å². The van der Waals surface area contributed by atoms with Crippen LogP contribution in [-0.2, 0) is 18.9 Å². The second-order valence-electron chi connectivity index (χ2n) is 9.94. The summed E-state index contributed by atoms with van der Waals surface area (Å²) in [5, 5.41) is 72.5. The fraction of sp³-hybridized carbons (Fsp3) is 0.577. The Bertz CT molecular complexity index is 1240. The monoisotopic (exact) mass is 568 g/mol. The lowest BCUT2D eigenvalue weighted by Crippen LogP contribution is -2.62. The van der Waals surface area contributed by atoms with Gasteiger partial charge in [-0.1, -0.05) is 12.1 Å². The number of carbonyl (C=O) groups is 1. The quantitative estimate of drug-likeness (QED) is 0.182. The van der Waals surface area contributed by atoms with Crippen LogP contribution in [0.3, 0.4) is 0 Å². The Morgan fingerprint density at radius 3 is 2.20 bits per heavy atom.